The highest BCUT2D eigenvalue weighted by atomic mass is 16.3. The normalized spacial score (nSPS) is 17.0. The number of amides is 1. The van der Waals surface area contributed by atoms with Gasteiger partial charge in [-0.05, 0) is 38.8 Å². The van der Waals surface area contributed by atoms with E-state index in [0.717, 1.165) is 5.56 Å². The Labute approximate surface area is 125 Å². The minimum atomic E-state index is -0.661. The summed E-state index contributed by atoms with van der Waals surface area (Å²) in [4.78, 5) is 14.5. The number of rotatable bonds is 1. The Bertz CT molecular complexity index is 587. The summed E-state index contributed by atoms with van der Waals surface area (Å²) in [5, 5.41) is 9.99. The van der Waals surface area contributed by atoms with Gasteiger partial charge < -0.3 is 15.7 Å². The molecule has 0 bridgehead atoms. The zero-order valence-corrected chi connectivity index (χ0v) is 12.6. The van der Waals surface area contributed by atoms with Crippen LogP contribution in [0.25, 0.3) is 0 Å². The Morgan fingerprint density at radius 2 is 2.10 bits per heavy atom. The Hall–Kier alpha value is -1.83. The zero-order valence-electron chi connectivity index (χ0n) is 12.6. The summed E-state index contributed by atoms with van der Waals surface area (Å²) in [7, 11) is 0. The summed E-state index contributed by atoms with van der Waals surface area (Å²) in [5.41, 5.74) is 7.11. The van der Waals surface area contributed by atoms with Crippen LogP contribution >= 0.6 is 0 Å². The van der Waals surface area contributed by atoms with Gasteiger partial charge in [0.05, 0.1) is 17.7 Å². The van der Waals surface area contributed by atoms with Crippen LogP contribution in [0.5, 0.6) is 0 Å². The lowest BCUT2D eigenvalue weighted by Gasteiger charge is -2.36. The number of aryl methyl sites for hydroxylation is 1. The van der Waals surface area contributed by atoms with E-state index in [1.54, 1.807) is 4.90 Å². The van der Waals surface area contributed by atoms with Gasteiger partial charge in [-0.1, -0.05) is 23.5 Å². The van der Waals surface area contributed by atoms with Crippen LogP contribution in [-0.4, -0.2) is 41.1 Å². The van der Waals surface area contributed by atoms with Gasteiger partial charge in [0.15, 0.2) is 0 Å². The van der Waals surface area contributed by atoms with Gasteiger partial charge >= 0.3 is 0 Å². The van der Waals surface area contributed by atoms with Crippen LogP contribution in [0.3, 0.4) is 0 Å². The number of carbonyl (C=O) groups is 1. The molecule has 3 N–H and O–H groups in total. The van der Waals surface area contributed by atoms with Crippen molar-refractivity contribution in [3.63, 3.8) is 0 Å². The van der Waals surface area contributed by atoms with Gasteiger partial charge in [-0.2, -0.15) is 0 Å². The van der Waals surface area contributed by atoms with E-state index in [1.165, 1.54) is 0 Å². The number of hydrogen-bond acceptors (Lipinski definition) is 3. The van der Waals surface area contributed by atoms with Crippen molar-refractivity contribution in [2.75, 3.05) is 19.6 Å². The highest BCUT2D eigenvalue weighted by Gasteiger charge is 2.30. The molecule has 1 aromatic carbocycles. The highest BCUT2D eigenvalue weighted by molar-refractivity contribution is 5.97. The minimum Gasteiger partial charge on any atom is -0.390 e. The van der Waals surface area contributed by atoms with Crippen LogP contribution in [0.4, 0.5) is 0 Å². The van der Waals surface area contributed by atoms with Crippen LogP contribution in [0.2, 0.25) is 0 Å². The van der Waals surface area contributed by atoms with Crippen molar-refractivity contribution < 1.29 is 9.90 Å². The average molecular weight is 286 g/mol. The first kappa shape index (κ1) is 15.6. The van der Waals surface area contributed by atoms with Gasteiger partial charge in [-0.25, -0.2) is 0 Å². The number of nitrogens with zero attached hydrogens (tertiary/aromatic N) is 1. The van der Waals surface area contributed by atoms with E-state index in [2.05, 4.69) is 11.8 Å². The SMILES string of the molecule is Cc1ccc(C#CCN)c(C(=O)N2CCC(C)(O)CC2)c1. The second-order valence-electron chi connectivity index (χ2n) is 5.84. The number of carbonyl (C=O) groups excluding carboxylic acids is 1. The lowest BCUT2D eigenvalue weighted by Crippen LogP contribution is -2.45. The Morgan fingerprint density at radius 1 is 1.43 bits per heavy atom. The first-order chi connectivity index (χ1) is 9.93. The van der Waals surface area contributed by atoms with Crippen molar-refractivity contribution in [3.8, 4) is 11.8 Å². The molecule has 0 aromatic heterocycles. The predicted octanol–water partition coefficient (Wildman–Crippen LogP) is 1.29. The minimum absolute atomic E-state index is 0.0180. The third kappa shape index (κ3) is 3.84. The Kier molecular flexibility index (Phi) is 4.66. The smallest absolute Gasteiger partial charge is 0.255 e. The van der Waals surface area contributed by atoms with Crippen molar-refractivity contribution in [2.45, 2.75) is 32.3 Å². The molecular formula is C17H22N2O2. The van der Waals surface area contributed by atoms with E-state index in [1.807, 2.05) is 32.0 Å². The lowest BCUT2D eigenvalue weighted by molar-refractivity contribution is -0.00203. The van der Waals surface area contributed by atoms with Crippen molar-refractivity contribution in [2.24, 2.45) is 5.73 Å². The summed E-state index contributed by atoms with van der Waals surface area (Å²) in [6.45, 7) is 5.19. The molecule has 1 amide bonds. The molecule has 112 valence electrons. The molecule has 2 rings (SSSR count). The molecule has 1 saturated heterocycles. The predicted molar refractivity (Wildman–Crippen MR) is 82.9 cm³/mol. The van der Waals surface area contributed by atoms with Gasteiger partial charge in [0, 0.05) is 18.7 Å². The highest BCUT2D eigenvalue weighted by Crippen LogP contribution is 2.23. The third-order valence-corrected chi connectivity index (χ3v) is 3.86. The van der Waals surface area contributed by atoms with Gasteiger partial charge in [-0.3, -0.25) is 4.79 Å². The van der Waals surface area contributed by atoms with Gasteiger partial charge in [0.25, 0.3) is 5.91 Å². The molecule has 4 nitrogen and oxygen atoms in total. The summed E-state index contributed by atoms with van der Waals surface area (Å²) in [5.74, 6) is 5.75. The molecule has 0 aliphatic carbocycles. The molecule has 0 saturated carbocycles. The first-order valence-electron chi connectivity index (χ1n) is 7.24. The van der Waals surface area contributed by atoms with Crippen molar-refractivity contribution in [1.82, 2.24) is 4.90 Å². The molecule has 4 heteroatoms. The Morgan fingerprint density at radius 3 is 2.71 bits per heavy atom. The zero-order chi connectivity index (χ0) is 15.5. The first-order valence-corrected chi connectivity index (χ1v) is 7.24. The number of aliphatic hydroxyl groups is 1. The average Bonchev–Trinajstić information content (AvgIpc) is 2.45. The van der Waals surface area contributed by atoms with E-state index in [0.29, 0.717) is 37.1 Å². The number of likely N-dealkylation sites (tertiary alicyclic amines) is 1. The maximum atomic E-state index is 12.7. The van der Waals surface area contributed by atoms with Gasteiger partial charge in [-0.15, -0.1) is 0 Å². The standard InChI is InChI=1S/C17H22N2O2/c1-13-5-6-14(4-3-9-18)15(12-13)16(20)19-10-7-17(2,21)8-11-19/h5-6,12,21H,7-11,18H2,1-2H3. The fraction of sp³-hybridized carbons (Fsp3) is 0.471. The summed E-state index contributed by atoms with van der Waals surface area (Å²) in [6.07, 6.45) is 1.21. The Balaban J connectivity index is 2.24. The van der Waals surface area contributed by atoms with Crippen LogP contribution in [0.1, 0.15) is 41.3 Å². The number of benzene rings is 1. The topological polar surface area (TPSA) is 66.6 Å². The van der Waals surface area contributed by atoms with E-state index in [9.17, 15) is 9.90 Å². The van der Waals surface area contributed by atoms with Crippen LogP contribution in [0.15, 0.2) is 18.2 Å². The number of nitrogens with two attached hydrogens (primary N) is 1. The molecule has 1 heterocycles. The monoisotopic (exact) mass is 286 g/mol. The quantitative estimate of drug-likeness (QED) is 0.765. The van der Waals surface area contributed by atoms with Crippen molar-refractivity contribution >= 4 is 5.91 Å². The second-order valence-corrected chi connectivity index (χ2v) is 5.84. The maximum absolute atomic E-state index is 12.7. The van der Waals surface area contributed by atoms with Crippen molar-refractivity contribution in [3.05, 3.63) is 34.9 Å². The van der Waals surface area contributed by atoms with Crippen LogP contribution < -0.4 is 5.73 Å². The van der Waals surface area contributed by atoms with E-state index < -0.39 is 5.60 Å². The molecule has 1 aromatic rings. The van der Waals surface area contributed by atoms with Crippen LogP contribution in [-0.2, 0) is 0 Å². The lowest BCUT2D eigenvalue weighted by atomic mass is 9.93. The van der Waals surface area contributed by atoms with Crippen molar-refractivity contribution in [1.29, 1.82) is 0 Å². The van der Waals surface area contributed by atoms with Gasteiger partial charge in [0.2, 0.25) is 0 Å². The van der Waals surface area contributed by atoms with Gasteiger partial charge in [0.1, 0.15) is 0 Å². The van der Waals surface area contributed by atoms with E-state index >= 15 is 0 Å². The fourth-order valence-electron chi connectivity index (χ4n) is 2.45. The molecule has 0 spiro atoms. The third-order valence-electron chi connectivity index (χ3n) is 3.86. The largest absolute Gasteiger partial charge is 0.390 e. The molecule has 0 atom stereocenters. The fourth-order valence-corrected chi connectivity index (χ4v) is 2.45. The second kappa shape index (κ2) is 6.30. The molecular weight excluding hydrogens is 264 g/mol. The summed E-state index contributed by atoms with van der Waals surface area (Å²) in [6, 6.07) is 5.68. The van der Waals surface area contributed by atoms with E-state index in [-0.39, 0.29) is 12.5 Å². The summed E-state index contributed by atoms with van der Waals surface area (Å²) < 4.78 is 0. The molecule has 21 heavy (non-hydrogen) atoms. The number of hydrogen-bond donors (Lipinski definition) is 2. The molecule has 1 aliphatic heterocycles. The van der Waals surface area contributed by atoms with Crippen LogP contribution in [0, 0.1) is 18.8 Å². The summed E-state index contributed by atoms with van der Waals surface area (Å²) >= 11 is 0. The molecule has 1 fully saturated rings. The van der Waals surface area contributed by atoms with E-state index in [4.69, 9.17) is 5.73 Å². The maximum Gasteiger partial charge on any atom is 0.255 e. The molecule has 0 unspecified atom stereocenters. The molecule has 1 aliphatic rings. The molecule has 0 radical (unpaired) electrons. The number of piperidine rings is 1.